The van der Waals surface area contributed by atoms with E-state index in [2.05, 4.69) is 25.0 Å². The number of guanidine groups is 1. The highest BCUT2D eigenvalue weighted by atomic mass is 16.5. The van der Waals surface area contributed by atoms with E-state index in [0.29, 0.717) is 12.1 Å². The van der Waals surface area contributed by atoms with Crippen molar-refractivity contribution in [3.8, 4) is 0 Å². The van der Waals surface area contributed by atoms with Gasteiger partial charge in [0.05, 0.1) is 25.9 Å². The molecule has 0 saturated carbocycles. The lowest BCUT2D eigenvalue weighted by Gasteiger charge is -2.36. The van der Waals surface area contributed by atoms with Crippen molar-refractivity contribution in [3.63, 3.8) is 0 Å². The SMILES string of the molecule is CN=C(NCC1CN2CCCC2CO1)N1CCC(N2CCOCC2)C1. The zero-order chi connectivity index (χ0) is 17.1. The van der Waals surface area contributed by atoms with Crippen molar-refractivity contribution in [2.45, 2.75) is 37.5 Å². The molecular weight excluding hydrogens is 318 g/mol. The topological polar surface area (TPSA) is 52.6 Å². The van der Waals surface area contributed by atoms with Crippen molar-refractivity contribution in [2.24, 2.45) is 4.99 Å². The van der Waals surface area contributed by atoms with Crippen LogP contribution in [0.15, 0.2) is 4.99 Å². The maximum absolute atomic E-state index is 6.07. The Bertz CT molecular complexity index is 468. The normalized spacial score (nSPS) is 35.2. The van der Waals surface area contributed by atoms with Gasteiger partial charge in [0.2, 0.25) is 0 Å². The highest BCUT2D eigenvalue weighted by Crippen LogP contribution is 2.22. The zero-order valence-electron chi connectivity index (χ0n) is 15.5. The monoisotopic (exact) mass is 351 g/mol. The van der Waals surface area contributed by atoms with Crippen LogP contribution in [0.4, 0.5) is 0 Å². The summed E-state index contributed by atoms with van der Waals surface area (Å²) in [6.45, 7) is 10.1. The van der Waals surface area contributed by atoms with Gasteiger partial charge in [-0.25, -0.2) is 0 Å². The third-order valence-corrected chi connectivity index (χ3v) is 6.19. The fourth-order valence-electron chi connectivity index (χ4n) is 4.72. The van der Waals surface area contributed by atoms with Gasteiger partial charge in [0, 0.05) is 58.4 Å². The largest absolute Gasteiger partial charge is 0.379 e. The van der Waals surface area contributed by atoms with Crippen LogP contribution in [0.1, 0.15) is 19.3 Å². The van der Waals surface area contributed by atoms with E-state index >= 15 is 0 Å². The van der Waals surface area contributed by atoms with Gasteiger partial charge in [-0.05, 0) is 25.8 Å². The Labute approximate surface area is 151 Å². The molecule has 0 aromatic carbocycles. The maximum atomic E-state index is 6.07. The van der Waals surface area contributed by atoms with Crippen molar-refractivity contribution >= 4 is 5.96 Å². The molecule has 0 radical (unpaired) electrons. The zero-order valence-corrected chi connectivity index (χ0v) is 15.5. The number of morpholine rings is 2. The van der Waals surface area contributed by atoms with E-state index < -0.39 is 0 Å². The fourth-order valence-corrected chi connectivity index (χ4v) is 4.72. The first kappa shape index (κ1) is 17.5. The molecule has 142 valence electrons. The number of hydrogen-bond acceptors (Lipinski definition) is 5. The molecule has 7 nitrogen and oxygen atoms in total. The summed E-state index contributed by atoms with van der Waals surface area (Å²) in [7, 11) is 1.89. The Morgan fingerprint density at radius 2 is 1.92 bits per heavy atom. The summed E-state index contributed by atoms with van der Waals surface area (Å²) >= 11 is 0. The molecule has 4 saturated heterocycles. The average Bonchev–Trinajstić information content (AvgIpc) is 3.32. The summed E-state index contributed by atoms with van der Waals surface area (Å²) in [6, 6.07) is 1.31. The Kier molecular flexibility index (Phi) is 5.75. The number of nitrogens with one attached hydrogen (secondary N) is 1. The summed E-state index contributed by atoms with van der Waals surface area (Å²) in [5, 5.41) is 3.57. The number of fused-ring (bicyclic) bond motifs is 1. The number of nitrogens with zero attached hydrogens (tertiary/aromatic N) is 4. The van der Waals surface area contributed by atoms with Gasteiger partial charge < -0.3 is 19.7 Å². The van der Waals surface area contributed by atoms with Crippen molar-refractivity contribution in [3.05, 3.63) is 0 Å². The fraction of sp³-hybridized carbons (Fsp3) is 0.944. The van der Waals surface area contributed by atoms with Crippen LogP contribution in [-0.4, -0.2) is 112 Å². The maximum Gasteiger partial charge on any atom is 0.193 e. The van der Waals surface area contributed by atoms with Gasteiger partial charge in [-0.1, -0.05) is 0 Å². The molecule has 3 atom stereocenters. The van der Waals surface area contributed by atoms with E-state index in [9.17, 15) is 0 Å². The summed E-state index contributed by atoms with van der Waals surface area (Å²) in [6.07, 6.45) is 4.13. The molecule has 4 aliphatic rings. The van der Waals surface area contributed by atoms with E-state index in [4.69, 9.17) is 9.47 Å². The van der Waals surface area contributed by atoms with Crippen LogP contribution in [-0.2, 0) is 9.47 Å². The first-order chi connectivity index (χ1) is 12.3. The molecule has 0 spiro atoms. The number of aliphatic imine (C=N–C) groups is 1. The molecule has 7 heteroatoms. The number of hydrogen-bond donors (Lipinski definition) is 1. The molecule has 1 N–H and O–H groups in total. The molecule has 0 aromatic rings. The second-order valence-electron chi connectivity index (χ2n) is 7.71. The standard InChI is InChI=1S/C18H33N5O2/c1-19-18(20-11-17-13-22-5-2-3-16(22)14-25-17)23-6-4-15(12-23)21-7-9-24-10-8-21/h15-17H,2-14H2,1H3,(H,19,20). The third kappa shape index (κ3) is 4.10. The van der Waals surface area contributed by atoms with Crippen LogP contribution < -0.4 is 5.32 Å². The minimum Gasteiger partial charge on any atom is -0.379 e. The van der Waals surface area contributed by atoms with E-state index in [1.165, 1.54) is 25.8 Å². The molecule has 3 unspecified atom stereocenters. The molecule has 4 rings (SSSR count). The van der Waals surface area contributed by atoms with E-state index in [1.54, 1.807) is 0 Å². The molecule has 0 amide bonds. The molecule has 4 fully saturated rings. The third-order valence-electron chi connectivity index (χ3n) is 6.19. The number of likely N-dealkylation sites (tertiary alicyclic amines) is 1. The second kappa shape index (κ2) is 8.20. The smallest absolute Gasteiger partial charge is 0.193 e. The van der Waals surface area contributed by atoms with Crippen LogP contribution in [0.25, 0.3) is 0 Å². The number of rotatable bonds is 3. The average molecular weight is 351 g/mol. The van der Waals surface area contributed by atoms with Crippen molar-refractivity contribution < 1.29 is 9.47 Å². The Balaban J connectivity index is 1.24. The van der Waals surface area contributed by atoms with Crippen molar-refractivity contribution in [2.75, 3.05) is 72.7 Å². The predicted octanol–water partition coefficient (Wildman–Crippen LogP) is -0.168. The Hall–Kier alpha value is -0.890. The molecule has 0 aromatic heterocycles. The second-order valence-corrected chi connectivity index (χ2v) is 7.71. The highest BCUT2D eigenvalue weighted by Gasteiger charge is 2.33. The van der Waals surface area contributed by atoms with Gasteiger partial charge >= 0.3 is 0 Å². The van der Waals surface area contributed by atoms with Crippen LogP contribution >= 0.6 is 0 Å². The van der Waals surface area contributed by atoms with E-state index in [-0.39, 0.29) is 6.10 Å². The molecule has 0 bridgehead atoms. The van der Waals surface area contributed by atoms with E-state index in [0.717, 1.165) is 65.0 Å². The van der Waals surface area contributed by atoms with Crippen molar-refractivity contribution in [1.29, 1.82) is 0 Å². The lowest BCUT2D eigenvalue weighted by Crippen LogP contribution is -2.52. The minimum atomic E-state index is 0.281. The van der Waals surface area contributed by atoms with Gasteiger partial charge in [0.1, 0.15) is 0 Å². The molecule has 0 aliphatic carbocycles. The first-order valence-corrected chi connectivity index (χ1v) is 9.96. The lowest BCUT2D eigenvalue weighted by atomic mass is 10.2. The first-order valence-electron chi connectivity index (χ1n) is 9.96. The van der Waals surface area contributed by atoms with Gasteiger partial charge in [-0.3, -0.25) is 14.8 Å². The van der Waals surface area contributed by atoms with E-state index in [1.807, 2.05) is 7.05 Å². The molecule has 4 heterocycles. The van der Waals surface area contributed by atoms with Crippen molar-refractivity contribution in [1.82, 2.24) is 20.0 Å². The van der Waals surface area contributed by atoms with Crippen LogP contribution in [0, 0.1) is 0 Å². The summed E-state index contributed by atoms with van der Waals surface area (Å²) in [5.41, 5.74) is 0. The Morgan fingerprint density at radius 1 is 1.04 bits per heavy atom. The Morgan fingerprint density at radius 3 is 2.76 bits per heavy atom. The predicted molar refractivity (Wildman–Crippen MR) is 98.1 cm³/mol. The number of ether oxygens (including phenoxy) is 2. The molecular formula is C18H33N5O2. The van der Waals surface area contributed by atoms with Gasteiger partial charge in [-0.2, -0.15) is 0 Å². The molecule has 25 heavy (non-hydrogen) atoms. The summed E-state index contributed by atoms with van der Waals surface area (Å²) in [5.74, 6) is 1.03. The summed E-state index contributed by atoms with van der Waals surface area (Å²) in [4.78, 5) is 12.1. The molecule has 4 aliphatic heterocycles. The van der Waals surface area contributed by atoms with Gasteiger partial charge in [0.15, 0.2) is 5.96 Å². The van der Waals surface area contributed by atoms with Crippen LogP contribution in [0.2, 0.25) is 0 Å². The van der Waals surface area contributed by atoms with Crippen LogP contribution in [0.3, 0.4) is 0 Å². The lowest BCUT2D eigenvalue weighted by molar-refractivity contribution is -0.0454. The quantitative estimate of drug-likeness (QED) is 0.563. The van der Waals surface area contributed by atoms with Gasteiger partial charge in [0.25, 0.3) is 0 Å². The highest BCUT2D eigenvalue weighted by molar-refractivity contribution is 5.80. The summed E-state index contributed by atoms with van der Waals surface area (Å²) < 4.78 is 11.5. The minimum absolute atomic E-state index is 0.281. The van der Waals surface area contributed by atoms with Gasteiger partial charge in [-0.15, -0.1) is 0 Å². The van der Waals surface area contributed by atoms with Crippen LogP contribution in [0.5, 0.6) is 0 Å².